The first kappa shape index (κ1) is 16.4. The molecule has 1 aromatic rings. The van der Waals surface area contributed by atoms with Crippen molar-refractivity contribution in [1.82, 2.24) is 9.88 Å². The van der Waals surface area contributed by atoms with Crippen LogP contribution in [0.15, 0.2) is 12.3 Å². The zero-order valence-electron chi connectivity index (χ0n) is 15.2. The van der Waals surface area contributed by atoms with Gasteiger partial charge in [0.2, 0.25) is 0 Å². The lowest BCUT2D eigenvalue weighted by Gasteiger charge is -2.55. The number of carbonyl (C=O) groups excluding carboxylic acids is 1. The molecule has 1 aromatic heterocycles. The van der Waals surface area contributed by atoms with Crippen molar-refractivity contribution in [2.45, 2.75) is 38.3 Å². The van der Waals surface area contributed by atoms with E-state index in [9.17, 15) is 4.79 Å². The standard InChI is InChI=1S/C18H26N4O3/c1-17(2,3)25-16(23)22-9-8-21(10-18(22)11-24-12-18)14-5-7-20-15-13(14)4-6-19-15/h5,7H,4,6,8-12H2,1-3H3,(H,19,20). The summed E-state index contributed by atoms with van der Waals surface area (Å²) in [6, 6.07) is 2.09. The molecule has 0 radical (unpaired) electrons. The van der Waals surface area contributed by atoms with E-state index in [-0.39, 0.29) is 11.6 Å². The van der Waals surface area contributed by atoms with Gasteiger partial charge in [0, 0.05) is 43.6 Å². The van der Waals surface area contributed by atoms with Crippen molar-refractivity contribution in [3.8, 4) is 0 Å². The van der Waals surface area contributed by atoms with Crippen molar-refractivity contribution in [1.29, 1.82) is 0 Å². The number of piperazine rings is 1. The van der Waals surface area contributed by atoms with Gasteiger partial charge in [-0.15, -0.1) is 0 Å². The number of carbonyl (C=O) groups is 1. The van der Waals surface area contributed by atoms with Crippen LogP contribution >= 0.6 is 0 Å². The summed E-state index contributed by atoms with van der Waals surface area (Å²) in [5.41, 5.74) is 1.73. The highest BCUT2D eigenvalue weighted by molar-refractivity contribution is 5.71. The van der Waals surface area contributed by atoms with Crippen molar-refractivity contribution in [2.24, 2.45) is 0 Å². The van der Waals surface area contributed by atoms with E-state index in [0.717, 1.165) is 31.9 Å². The third kappa shape index (κ3) is 2.90. The molecule has 4 heterocycles. The first-order chi connectivity index (χ1) is 11.9. The molecule has 7 nitrogen and oxygen atoms in total. The van der Waals surface area contributed by atoms with Crippen molar-refractivity contribution < 1.29 is 14.3 Å². The van der Waals surface area contributed by atoms with E-state index in [1.54, 1.807) is 0 Å². The van der Waals surface area contributed by atoms with E-state index in [0.29, 0.717) is 19.8 Å². The zero-order valence-corrected chi connectivity index (χ0v) is 15.2. The predicted molar refractivity (Wildman–Crippen MR) is 95.1 cm³/mol. The van der Waals surface area contributed by atoms with Gasteiger partial charge >= 0.3 is 6.09 Å². The van der Waals surface area contributed by atoms with Gasteiger partial charge in [0.05, 0.1) is 13.2 Å². The van der Waals surface area contributed by atoms with Crippen LogP contribution < -0.4 is 10.2 Å². The summed E-state index contributed by atoms with van der Waals surface area (Å²) in [5.74, 6) is 0.992. The number of anilines is 2. The summed E-state index contributed by atoms with van der Waals surface area (Å²) in [7, 11) is 0. The lowest BCUT2D eigenvalue weighted by molar-refractivity contribution is -0.138. The SMILES string of the molecule is CC(C)(C)OC(=O)N1CCN(c2ccnc3c2CCN3)CC12COC2. The summed E-state index contributed by atoms with van der Waals surface area (Å²) in [4.78, 5) is 21.3. The highest BCUT2D eigenvalue weighted by Crippen LogP contribution is 2.36. The quantitative estimate of drug-likeness (QED) is 0.837. The van der Waals surface area contributed by atoms with Gasteiger partial charge in [-0.1, -0.05) is 0 Å². The molecule has 1 spiro atoms. The van der Waals surface area contributed by atoms with E-state index < -0.39 is 5.60 Å². The van der Waals surface area contributed by atoms with Gasteiger partial charge in [-0.25, -0.2) is 9.78 Å². The smallest absolute Gasteiger partial charge is 0.411 e. The van der Waals surface area contributed by atoms with E-state index in [2.05, 4.69) is 21.3 Å². The second-order valence-corrected chi connectivity index (χ2v) is 8.10. The molecule has 25 heavy (non-hydrogen) atoms. The van der Waals surface area contributed by atoms with Gasteiger partial charge in [-0.3, -0.25) is 4.90 Å². The molecule has 0 aromatic carbocycles. The Bertz CT molecular complexity index is 681. The molecule has 2 saturated heterocycles. The average Bonchev–Trinajstić information content (AvgIpc) is 2.99. The molecule has 0 atom stereocenters. The van der Waals surface area contributed by atoms with Crippen molar-refractivity contribution >= 4 is 17.6 Å². The van der Waals surface area contributed by atoms with Crippen LogP contribution in [0.2, 0.25) is 0 Å². The third-order valence-corrected chi connectivity index (χ3v) is 5.05. The van der Waals surface area contributed by atoms with Crippen LogP contribution in [0, 0.1) is 0 Å². The Balaban J connectivity index is 1.55. The van der Waals surface area contributed by atoms with E-state index in [4.69, 9.17) is 9.47 Å². The maximum atomic E-state index is 12.7. The summed E-state index contributed by atoms with van der Waals surface area (Å²) in [5, 5.41) is 3.33. The first-order valence-electron chi connectivity index (χ1n) is 8.93. The molecule has 0 bridgehead atoms. The van der Waals surface area contributed by atoms with Crippen LogP contribution in [0.3, 0.4) is 0 Å². The number of nitrogens with one attached hydrogen (secondary N) is 1. The molecule has 2 fully saturated rings. The molecule has 136 valence electrons. The summed E-state index contributed by atoms with van der Waals surface area (Å²) < 4.78 is 11.1. The second-order valence-electron chi connectivity index (χ2n) is 8.10. The second kappa shape index (κ2) is 5.76. The number of hydrogen-bond acceptors (Lipinski definition) is 6. The van der Waals surface area contributed by atoms with E-state index in [1.807, 2.05) is 31.9 Å². The Kier molecular flexibility index (Phi) is 3.79. The van der Waals surface area contributed by atoms with Crippen LogP contribution in [0.4, 0.5) is 16.3 Å². The number of hydrogen-bond donors (Lipinski definition) is 1. The lowest BCUT2D eigenvalue weighted by atomic mass is 9.91. The lowest BCUT2D eigenvalue weighted by Crippen LogP contribution is -2.73. The van der Waals surface area contributed by atoms with Crippen LogP contribution in [-0.2, 0) is 15.9 Å². The summed E-state index contributed by atoms with van der Waals surface area (Å²) in [6.07, 6.45) is 2.61. The molecule has 0 aliphatic carbocycles. The number of ether oxygens (including phenoxy) is 2. The van der Waals surface area contributed by atoms with Gasteiger partial charge in [0.1, 0.15) is 17.0 Å². The summed E-state index contributed by atoms with van der Waals surface area (Å²) >= 11 is 0. The van der Waals surface area contributed by atoms with E-state index >= 15 is 0 Å². The molecule has 3 aliphatic rings. The van der Waals surface area contributed by atoms with Gasteiger partial charge in [-0.2, -0.15) is 0 Å². The number of amides is 1. The molecular formula is C18H26N4O3. The Morgan fingerprint density at radius 2 is 2.16 bits per heavy atom. The van der Waals surface area contributed by atoms with Gasteiger partial charge < -0.3 is 19.7 Å². The van der Waals surface area contributed by atoms with Crippen molar-refractivity contribution in [3.05, 3.63) is 17.8 Å². The van der Waals surface area contributed by atoms with Crippen LogP contribution in [0.1, 0.15) is 26.3 Å². The third-order valence-electron chi connectivity index (χ3n) is 5.05. The Labute approximate surface area is 148 Å². The minimum atomic E-state index is -0.488. The maximum Gasteiger partial charge on any atom is 0.411 e. The highest BCUT2D eigenvalue weighted by Gasteiger charge is 2.51. The molecule has 7 heteroatoms. The Morgan fingerprint density at radius 3 is 2.84 bits per heavy atom. The largest absolute Gasteiger partial charge is 0.444 e. The highest BCUT2D eigenvalue weighted by atomic mass is 16.6. The fraction of sp³-hybridized carbons (Fsp3) is 0.667. The minimum Gasteiger partial charge on any atom is -0.444 e. The number of fused-ring (bicyclic) bond motifs is 1. The molecule has 0 saturated carbocycles. The molecule has 1 N–H and O–H groups in total. The van der Waals surface area contributed by atoms with Gasteiger partial charge in [0.15, 0.2) is 0 Å². The molecule has 3 aliphatic heterocycles. The minimum absolute atomic E-state index is 0.239. The number of aromatic nitrogens is 1. The normalized spacial score (nSPS) is 21.6. The van der Waals surface area contributed by atoms with Crippen molar-refractivity contribution in [2.75, 3.05) is 49.6 Å². The molecular weight excluding hydrogens is 320 g/mol. The van der Waals surface area contributed by atoms with Gasteiger partial charge in [-0.05, 0) is 33.3 Å². The van der Waals surface area contributed by atoms with Crippen LogP contribution in [-0.4, -0.2) is 66.5 Å². The molecule has 4 rings (SSSR count). The molecule has 0 unspecified atom stereocenters. The van der Waals surface area contributed by atoms with Crippen molar-refractivity contribution in [3.63, 3.8) is 0 Å². The first-order valence-corrected chi connectivity index (χ1v) is 8.93. The van der Waals surface area contributed by atoms with Crippen LogP contribution in [0.25, 0.3) is 0 Å². The number of pyridine rings is 1. The van der Waals surface area contributed by atoms with Gasteiger partial charge in [0.25, 0.3) is 0 Å². The fourth-order valence-electron chi connectivity index (χ4n) is 3.85. The van der Waals surface area contributed by atoms with Crippen LogP contribution in [0.5, 0.6) is 0 Å². The number of rotatable bonds is 1. The average molecular weight is 346 g/mol. The fourth-order valence-corrected chi connectivity index (χ4v) is 3.85. The maximum absolute atomic E-state index is 12.7. The Hall–Kier alpha value is -2.02. The molecule has 1 amide bonds. The zero-order chi connectivity index (χ0) is 17.7. The van der Waals surface area contributed by atoms with E-state index in [1.165, 1.54) is 11.3 Å². The Morgan fingerprint density at radius 1 is 1.36 bits per heavy atom. The number of nitrogens with zero attached hydrogens (tertiary/aromatic N) is 3. The monoisotopic (exact) mass is 346 g/mol. The predicted octanol–water partition coefficient (Wildman–Crippen LogP) is 1.88. The summed E-state index contributed by atoms with van der Waals surface area (Å²) in [6.45, 7) is 9.96. The topological polar surface area (TPSA) is 66.9 Å².